The summed E-state index contributed by atoms with van der Waals surface area (Å²) in [6.07, 6.45) is 0. The number of rotatable bonds is 5. The minimum absolute atomic E-state index is 0.114. The predicted octanol–water partition coefficient (Wildman–Crippen LogP) is 4.44. The average Bonchev–Trinajstić information content (AvgIpc) is 2.97. The van der Waals surface area contributed by atoms with Crippen LogP contribution < -0.4 is 0 Å². The molecule has 0 bridgehead atoms. The lowest BCUT2D eigenvalue weighted by Crippen LogP contribution is -2.32. The molecule has 1 atom stereocenters. The number of carbonyl (C=O) groups is 1. The van der Waals surface area contributed by atoms with Crippen molar-refractivity contribution >= 4 is 39.2 Å². The van der Waals surface area contributed by atoms with E-state index < -0.39 is 0 Å². The zero-order chi connectivity index (χ0) is 16.2. The molecule has 118 valence electrons. The van der Waals surface area contributed by atoms with Crippen LogP contribution in [0.15, 0.2) is 59.5 Å². The Kier molecular flexibility index (Phi) is 4.98. The van der Waals surface area contributed by atoms with E-state index in [-0.39, 0.29) is 11.2 Å². The standard InChI is InChI=1S/C18H18N2OS2/c1-13(22-14-8-4-3-5-9-14)18(21)20(2)12-17-19-15-10-6-7-11-16(15)23-17/h3-11,13H,12H2,1-2H3/t13-/m0/s1. The van der Waals surface area contributed by atoms with Gasteiger partial charge < -0.3 is 4.90 Å². The lowest BCUT2D eigenvalue weighted by atomic mass is 10.3. The molecule has 0 unspecified atom stereocenters. The number of thiazole rings is 1. The molecule has 3 nitrogen and oxygen atoms in total. The third-order valence-corrected chi connectivity index (χ3v) is 5.61. The van der Waals surface area contributed by atoms with Crippen molar-refractivity contribution in [2.45, 2.75) is 23.6 Å². The second-order valence-corrected chi connectivity index (χ2v) is 7.87. The van der Waals surface area contributed by atoms with Crippen molar-refractivity contribution in [3.05, 3.63) is 59.6 Å². The smallest absolute Gasteiger partial charge is 0.235 e. The Bertz CT molecular complexity index is 768. The minimum atomic E-state index is -0.114. The van der Waals surface area contributed by atoms with Crippen LogP contribution in [0, 0.1) is 0 Å². The Morgan fingerprint density at radius 2 is 1.87 bits per heavy atom. The highest BCUT2D eigenvalue weighted by Gasteiger charge is 2.19. The van der Waals surface area contributed by atoms with E-state index in [0.717, 1.165) is 20.1 Å². The van der Waals surface area contributed by atoms with Gasteiger partial charge in [-0.25, -0.2) is 4.98 Å². The Hall–Kier alpha value is -1.85. The molecule has 3 aromatic rings. The molecule has 5 heteroatoms. The Balaban J connectivity index is 1.64. The summed E-state index contributed by atoms with van der Waals surface area (Å²) >= 11 is 3.23. The van der Waals surface area contributed by atoms with Crippen LogP contribution >= 0.6 is 23.1 Å². The number of benzene rings is 2. The van der Waals surface area contributed by atoms with Gasteiger partial charge in [0.25, 0.3) is 0 Å². The van der Waals surface area contributed by atoms with Gasteiger partial charge in [-0.1, -0.05) is 30.3 Å². The number of aromatic nitrogens is 1. The zero-order valence-electron chi connectivity index (χ0n) is 13.1. The van der Waals surface area contributed by atoms with Gasteiger partial charge in [0.2, 0.25) is 5.91 Å². The molecular weight excluding hydrogens is 324 g/mol. The van der Waals surface area contributed by atoms with Crippen molar-refractivity contribution in [2.24, 2.45) is 0 Å². The maximum Gasteiger partial charge on any atom is 0.235 e. The first-order valence-electron chi connectivity index (χ1n) is 7.44. The summed E-state index contributed by atoms with van der Waals surface area (Å²) in [5, 5.41) is 0.857. The fourth-order valence-corrected chi connectivity index (χ4v) is 4.36. The molecule has 0 spiro atoms. The number of thioether (sulfide) groups is 1. The van der Waals surface area contributed by atoms with Crippen LogP contribution in [-0.2, 0) is 11.3 Å². The van der Waals surface area contributed by atoms with Gasteiger partial charge in [0.15, 0.2) is 0 Å². The lowest BCUT2D eigenvalue weighted by molar-refractivity contribution is -0.129. The monoisotopic (exact) mass is 342 g/mol. The van der Waals surface area contributed by atoms with Crippen LogP contribution in [0.2, 0.25) is 0 Å². The van der Waals surface area contributed by atoms with Crippen LogP contribution in [-0.4, -0.2) is 28.1 Å². The molecule has 23 heavy (non-hydrogen) atoms. The molecule has 0 saturated carbocycles. The number of carbonyl (C=O) groups excluding carboxylic acids is 1. The molecule has 0 saturated heterocycles. The van der Waals surface area contributed by atoms with Gasteiger partial charge >= 0.3 is 0 Å². The number of amides is 1. The first-order valence-corrected chi connectivity index (χ1v) is 9.14. The van der Waals surface area contributed by atoms with E-state index in [1.165, 1.54) is 0 Å². The molecule has 0 fully saturated rings. The van der Waals surface area contributed by atoms with E-state index in [1.807, 2.05) is 62.5 Å². The second-order valence-electron chi connectivity index (χ2n) is 5.34. The molecule has 0 aliphatic carbocycles. The summed E-state index contributed by atoms with van der Waals surface area (Å²) in [4.78, 5) is 20.0. The van der Waals surface area contributed by atoms with Crippen LogP contribution in [0.1, 0.15) is 11.9 Å². The first kappa shape index (κ1) is 16.0. The molecule has 1 aromatic heterocycles. The highest BCUT2D eigenvalue weighted by atomic mass is 32.2. The Morgan fingerprint density at radius 3 is 2.61 bits per heavy atom. The molecule has 1 heterocycles. The van der Waals surface area contributed by atoms with Crippen molar-refractivity contribution in [1.82, 2.24) is 9.88 Å². The quantitative estimate of drug-likeness (QED) is 0.643. The minimum Gasteiger partial charge on any atom is -0.338 e. The molecule has 0 radical (unpaired) electrons. The van der Waals surface area contributed by atoms with Crippen LogP contribution in [0.25, 0.3) is 10.2 Å². The van der Waals surface area contributed by atoms with Gasteiger partial charge in [0, 0.05) is 11.9 Å². The van der Waals surface area contributed by atoms with E-state index in [2.05, 4.69) is 11.1 Å². The van der Waals surface area contributed by atoms with Crippen molar-refractivity contribution in [3.8, 4) is 0 Å². The largest absolute Gasteiger partial charge is 0.338 e. The summed E-state index contributed by atoms with van der Waals surface area (Å²) in [5.41, 5.74) is 1.00. The van der Waals surface area contributed by atoms with E-state index >= 15 is 0 Å². The zero-order valence-corrected chi connectivity index (χ0v) is 14.7. The van der Waals surface area contributed by atoms with Gasteiger partial charge in [0.05, 0.1) is 22.0 Å². The third kappa shape index (κ3) is 3.92. The van der Waals surface area contributed by atoms with Crippen molar-refractivity contribution < 1.29 is 4.79 Å². The number of para-hydroxylation sites is 1. The number of hydrogen-bond donors (Lipinski definition) is 0. The van der Waals surface area contributed by atoms with E-state index in [9.17, 15) is 4.79 Å². The average molecular weight is 342 g/mol. The van der Waals surface area contributed by atoms with Crippen molar-refractivity contribution in [2.75, 3.05) is 7.05 Å². The van der Waals surface area contributed by atoms with E-state index in [4.69, 9.17) is 0 Å². The molecule has 2 aromatic carbocycles. The van der Waals surface area contributed by atoms with Gasteiger partial charge in [0.1, 0.15) is 5.01 Å². The van der Waals surface area contributed by atoms with Crippen molar-refractivity contribution in [1.29, 1.82) is 0 Å². The highest BCUT2D eigenvalue weighted by molar-refractivity contribution is 8.00. The first-order chi connectivity index (χ1) is 11.1. The highest BCUT2D eigenvalue weighted by Crippen LogP contribution is 2.26. The maximum absolute atomic E-state index is 12.5. The lowest BCUT2D eigenvalue weighted by Gasteiger charge is -2.20. The molecule has 0 aliphatic heterocycles. The fraction of sp³-hybridized carbons (Fsp3) is 0.222. The number of hydrogen-bond acceptors (Lipinski definition) is 4. The summed E-state index contributed by atoms with van der Waals surface area (Å²) in [6.45, 7) is 2.51. The second kappa shape index (κ2) is 7.15. The van der Waals surface area contributed by atoms with Gasteiger partial charge in [-0.3, -0.25) is 4.79 Å². The molecule has 0 aliphatic rings. The van der Waals surface area contributed by atoms with E-state index in [1.54, 1.807) is 28.0 Å². The van der Waals surface area contributed by atoms with Gasteiger partial charge in [-0.15, -0.1) is 23.1 Å². The topological polar surface area (TPSA) is 33.2 Å². The summed E-state index contributed by atoms with van der Waals surface area (Å²) in [5.74, 6) is 0.123. The molecule has 0 N–H and O–H groups in total. The number of fused-ring (bicyclic) bond motifs is 1. The van der Waals surface area contributed by atoms with Crippen LogP contribution in [0.3, 0.4) is 0 Å². The van der Waals surface area contributed by atoms with Gasteiger partial charge in [-0.2, -0.15) is 0 Å². The summed E-state index contributed by atoms with van der Waals surface area (Å²) in [7, 11) is 1.84. The van der Waals surface area contributed by atoms with Crippen LogP contribution in [0.5, 0.6) is 0 Å². The van der Waals surface area contributed by atoms with E-state index in [0.29, 0.717) is 6.54 Å². The predicted molar refractivity (Wildman–Crippen MR) is 97.9 cm³/mol. The molecule has 3 rings (SSSR count). The third-order valence-electron chi connectivity index (χ3n) is 3.49. The molecule has 1 amide bonds. The Morgan fingerprint density at radius 1 is 1.17 bits per heavy atom. The molecular formula is C18H18N2OS2. The maximum atomic E-state index is 12.5. The van der Waals surface area contributed by atoms with Gasteiger partial charge in [-0.05, 0) is 31.2 Å². The summed E-state index contributed by atoms with van der Waals surface area (Å²) < 4.78 is 1.16. The van der Waals surface area contributed by atoms with Crippen LogP contribution in [0.4, 0.5) is 0 Å². The van der Waals surface area contributed by atoms with Crippen molar-refractivity contribution in [3.63, 3.8) is 0 Å². The normalized spacial score (nSPS) is 12.3. The Labute approximate surface area is 144 Å². The number of nitrogens with zero attached hydrogens (tertiary/aromatic N) is 2. The summed E-state index contributed by atoms with van der Waals surface area (Å²) in [6, 6.07) is 18.1. The SMILES string of the molecule is C[C@H](Sc1ccccc1)C(=O)N(C)Cc1nc2ccccc2s1. The fourth-order valence-electron chi connectivity index (χ4n) is 2.33.